The largest absolute Gasteiger partial charge is 0.469 e. The summed E-state index contributed by atoms with van der Waals surface area (Å²) in [5, 5.41) is 11.4. The Labute approximate surface area is 129 Å². The minimum Gasteiger partial charge on any atom is -0.469 e. The summed E-state index contributed by atoms with van der Waals surface area (Å²) in [7, 11) is 0. The second kappa shape index (κ2) is 6.47. The predicted octanol–water partition coefficient (Wildman–Crippen LogP) is 4.07. The zero-order valence-electron chi connectivity index (χ0n) is 12.7. The second-order valence-corrected chi connectivity index (χ2v) is 5.37. The third-order valence-electron chi connectivity index (χ3n) is 3.45. The minimum absolute atomic E-state index is 0.338. The van der Waals surface area contributed by atoms with Crippen LogP contribution < -0.4 is 5.32 Å². The molecule has 0 bridgehead atoms. The molecule has 22 heavy (non-hydrogen) atoms. The van der Waals surface area contributed by atoms with Crippen molar-refractivity contribution in [2.24, 2.45) is 0 Å². The lowest BCUT2D eigenvalue weighted by molar-refractivity contribution is 0.495. The monoisotopic (exact) mass is 297 g/mol. The van der Waals surface area contributed by atoms with Crippen LogP contribution in [0.1, 0.15) is 25.0 Å². The molecule has 0 spiro atoms. The fraction of sp³-hybridized carbons (Fsp3) is 0.294. The predicted molar refractivity (Wildman–Crippen MR) is 84.6 cm³/mol. The first kappa shape index (κ1) is 14.4. The molecule has 1 unspecified atom stereocenters. The summed E-state index contributed by atoms with van der Waals surface area (Å²) in [5.41, 5.74) is 1.96. The first-order valence-corrected chi connectivity index (χ1v) is 7.40. The van der Waals surface area contributed by atoms with Crippen molar-refractivity contribution in [2.75, 3.05) is 5.32 Å². The number of aryl methyl sites for hydroxylation is 2. The van der Waals surface area contributed by atoms with Crippen molar-refractivity contribution >= 4 is 5.69 Å². The second-order valence-electron chi connectivity index (χ2n) is 5.37. The summed E-state index contributed by atoms with van der Waals surface area (Å²) in [4.78, 5) is 0. The topological polar surface area (TPSA) is 64.1 Å². The van der Waals surface area contributed by atoms with E-state index in [0.717, 1.165) is 29.9 Å². The molecule has 5 heteroatoms. The van der Waals surface area contributed by atoms with E-state index in [4.69, 9.17) is 8.83 Å². The number of nitrogens with zero attached hydrogens (tertiary/aromatic N) is 2. The molecule has 0 aliphatic heterocycles. The van der Waals surface area contributed by atoms with Crippen LogP contribution in [0, 0.1) is 6.92 Å². The number of rotatable bonds is 6. The van der Waals surface area contributed by atoms with E-state index in [2.05, 4.69) is 22.4 Å². The maximum absolute atomic E-state index is 5.46. The third-order valence-corrected chi connectivity index (χ3v) is 3.45. The van der Waals surface area contributed by atoms with Crippen molar-refractivity contribution in [2.45, 2.75) is 32.7 Å². The molecule has 1 aromatic carbocycles. The quantitative estimate of drug-likeness (QED) is 0.743. The van der Waals surface area contributed by atoms with Crippen LogP contribution in [0.5, 0.6) is 0 Å². The highest BCUT2D eigenvalue weighted by Crippen LogP contribution is 2.22. The van der Waals surface area contributed by atoms with Gasteiger partial charge in [-0.1, -0.05) is 6.07 Å². The SMILES string of the molecule is Cc1nnc(-c2cccc(NC(C)CCc3ccco3)c2)o1. The van der Waals surface area contributed by atoms with Crippen LogP contribution in [-0.4, -0.2) is 16.2 Å². The van der Waals surface area contributed by atoms with Crippen molar-refractivity contribution in [1.29, 1.82) is 0 Å². The van der Waals surface area contributed by atoms with Gasteiger partial charge >= 0.3 is 0 Å². The fourth-order valence-corrected chi connectivity index (χ4v) is 2.33. The lowest BCUT2D eigenvalue weighted by Crippen LogP contribution is -2.15. The number of hydrogen-bond acceptors (Lipinski definition) is 5. The zero-order chi connectivity index (χ0) is 15.4. The standard InChI is InChI=1S/C17H19N3O2/c1-12(8-9-16-7-4-10-21-16)18-15-6-3-5-14(11-15)17-20-19-13(2)22-17/h3-7,10-12,18H,8-9H2,1-2H3. The van der Waals surface area contributed by atoms with E-state index >= 15 is 0 Å². The average Bonchev–Trinajstić information content (AvgIpc) is 3.17. The summed E-state index contributed by atoms with van der Waals surface area (Å²) >= 11 is 0. The maximum atomic E-state index is 5.46. The van der Waals surface area contributed by atoms with Gasteiger partial charge in [0.2, 0.25) is 11.8 Å². The Kier molecular flexibility index (Phi) is 4.23. The summed E-state index contributed by atoms with van der Waals surface area (Å²) in [5.74, 6) is 2.13. The van der Waals surface area contributed by atoms with Crippen molar-refractivity contribution in [3.8, 4) is 11.5 Å². The molecule has 3 aromatic rings. The average molecular weight is 297 g/mol. The highest BCUT2D eigenvalue weighted by atomic mass is 16.4. The number of benzene rings is 1. The van der Waals surface area contributed by atoms with Gasteiger partial charge in [0, 0.05) is 30.6 Å². The van der Waals surface area contributed by atoms with Gasteiger partial charge in [-0.2, -0.15) is 0 Å². The Bertz CT molecular complexity index is 719. The number of aromatic nitrogens is 2. The van der Waals surface area contributed by atoms with Crippen molar-refractivity contribution < 1.29 is 8.83 Å². The Morgan fingerprint density at radius 2 is 2.09 bits per heavy atom. The molecule has 2 heterocycles. The van der Waals surface area contributed by atoms with Crippen molar-refractivity contribution in [1.82, 2.24) is 10.2 Å². The van der Waals surface area contributed by atoms with Gasteiger partial charge in [-0.15, -0.1) is 10.2 Å². The molecule has 1 atom stereocenters. The highest BCUT2D eigenvalue weighted by Gasteiger charge is 2.08. The van der Waals surface area contributed by atoms with Crippen LogP contribution in [0.3, 0.4) is 0 Å². The Morgan fingerprint density at radius 1 is 1.18 bits per heavy atom. The number of nitrogens with one attached hydrogen (secondary N) is 1. The van der Waals surface area contributed by atoms with Crippen LogP contribution in [0.2, 0.25) is 0 Å². The molecule has 0 radical (unpaired) electrons. The first-order chi connectivity index (χ1) is 10.7. The van der Waals surface area contributed by atoms with Crippen molar-refractivity contribution in [3.05, 3.63) is 54.3 Å². The van der Waals surface area contributed by atoms with Gasteiger partial charge in [-0.3, -0.25) is 0 Å². The molecule has 1 N–H and O–H groups in total. The lowest BCUT2D eigenvalue weighted by Gasteiger charge is -2.15. The van der Waals surface area contributed by atoms with E-state index in [0.29, 0.717) is 17.8 Å². The molecule has 3 rings (SSSR count). The maximum Gasteiger partial charge on any atom is 0.247 e. The van der Waals surface area contributed by atoms with E-state index in [9.17, 15) is 0 Å². The summed E-state index contributed by atoms with van der Waals surface area (Å²) in [6.07, 6.45) is 3.63. The number of hydrogen-bond donors (Lipinski definition) is 1. The molecule has 0 amide bonds. The third kappa shape index (κ3) is 3.55. The Morgan fingerprint density at radius 3 is 2.82 bits per heavy atom. The van der Waals surface area contributed by atoms with Crippen LogP contribution in [0.25, 0.3) is 11.5 Å². The van der Waals surface area contributed by atoms with Crippen LogP contribution in [-0.2, 0) is 6.42 Å². The van der Waals surface area contributed by atoms with Gasteiger partial charge < -0.3 is 14.2 Å². The van der Waals surface area contributed by atoms with E-state index < -0.39 is 0 Å². The van der Waals surface area contributed by atoms with Gasteiger partial charge in [0.15, 0.2) is 0 Å². The molecule has 114 valence electrons. The highest BCUT2D eigenvalue weighted by molar-refractivity contribution is 5.61. The molecule has 0 aliphatic rings. The Balaban J connectivity index is 1.62. The van der Waals surface area contributed by atoms with Crippen molar-refractivity contribution in [3.63, 3.8) is 0 Å². The van der Waals surface area contributed by atoms with E-state index in [-0.39, 0.29) is 0 Å². The van der Waals surface area contributed by atoms with Gasteiger partial charge in [-0.25, -0.2) is 0 Å². The Hall–Kier alpha value is -2.56. The van der Waals surface area contributed by atoms with Gasteiger partial charge in [0.25, 0.3) is 0 Å². The molecule has 0 saturated heterocycles. The lowest BCUT2D eigenvalue weighted by atomic mass is 10.1. The smallest absolute Gasteiger partial charge is 0.247 e. The minimum atomic E-state index is 0.338. The molecule has 5 nitrogen and oxygen atoms in total. The summed E-state index contributed by atoms with van der Waals surface area (Å²) in [6.45, 7) is 3.95. The van der Waals surface area contributed by atoms with Gasteiger partial charge in [0.05, 0.1) is 6.26 Å². The van der Waals surface area contributed by atoms with Gasteiger partial charge in [0.1, 0.15) is 5.76 Å². The fourth-order valence-electron chi connectivity index (χ4n) is 2.33. The zero-order valence-corrected chi connectivity index (χ0v) is 12.7. The molecule has 0 saturated carbocycles. The van der Waals surface area contributed by atoms with E-state index in [1.165, 1.54) is 0 Å². The molecule has 0 fully saturated rings. The van der Waals surface area contributed by atoms with Crippen LogP contribution >= 0.6 is 0 Å². The number of furan rings is 1. The molecular weight excluding hydrogens is 278 g/mol. The van der Waals surface area contributed by atoms with E-state index in [1.807, 2.05) is 36.4 Å². The molecular formula is C17H19N3O2. The summed E-state index contributed by atoms with van der Waals surface area (Å²) in [6, 6.07) is 12.3. The number of anilines is 1. The first-order valence-electron chi connectivity index (χ1n) is 7.40. The normalized spacial score (nSPS) is 12.3. The van der Waals surface area contributed by atoms with Gasteiger partial charge in [-0.05, 0) is 43.7 Å². The summed E-state index contributed by atoms with van der Waals surface area (Å²) < 4.78 is 10.8. The molecule has 2 aromatic heterocycles. The van der Waals surface area contributed by atoms with Crippen LogP contribution in [0.15, 0.2) is 51.5 Å². The van der Waals surface area contributed by atoms with Crippen LogP contribution in [0.4, 0.5) is 5.69 Å². The molecule has 0 aliphatic carbocycles. The van der Waals surface area contributed by atoms with E-state index in [1.54, 1.807) is 13.2 Å².